The van der Waals surface area contributed by atoms with Crippen LogP contribution in [0, 0.1) is 11.8 Å². The van der Waals surface area contributed by atoms with Gasteiger partial charge in [0.15, 0.2) is 0 Å². The van der Waals surface area contributed by atoms with Gasteiger partial charge in [0, 0.05) is 30.0 Å². The smallest absolute Gasteiger partial charge is 0.271 e. The third-order valence-electron chi connectivity index (χ3n) is 3.74. The van der Waals surface area contributed by atoms with Gasteiger partial charge >= 0.3 is 0 Å². The largest absolute Gasteiger partial charge is 0.381 e. The van der Waals surface area contributed by atoms with Crippen LogP contribution in [-0.4, -0.2) is 35.1 Å². The van der Waals surface area contributed by atoms with E-state index in [1.807, 2.05) is 13.8 Å². The van der Waals surface area contributed by atoms with Gasteiger partial charge in [-0.05, 0) is 15.9 Å². The first kappa shape index (κ1) is 13.0. The van der Waals surface area contributed by atoms with E-state index >= 15 is 0 Å². The number of hydrogen-bond donors (Lipinski definition) is 1. The lowest BCUT2D eigenvalue weighted by molar-refractivity contribution is 0.0922. The maximum Gasteiger partial charge on any atom is 0.271 e. The Kier molecular flexibility index (Phi) is 3.30. The average molecular weight is 326 g/mol. The van der Waals surface area contributed by atoms with Crippen LogP contribution in [0.4, 0.5) is 0 Å². The van der Waals surface area contributed by atoms with Gasteiger partial charge in [-0.1, -0.05) is 13.8 Å². The molecule has 3 rings (SSSR count). The Balaban J connectivity index is 1.74. The van der Waals surface area contributed by atoms with Crippen LogP contribution >= 0.6 is 15.9 Å². The Morgan fingerprint density at radius 2 is 2.16 bits per heavy atom. The molecule has 6 heteroatoms. The molecule has 0 aromatic carbocycles. The second kappa shape index (κ2) is 4.83. The van der Waals surface area contributed by atoms with Crippen molar-refractivity contribution in [1.29, 1.82) is 0 Å². The molecule has 1 saturated heterocycles. The van der Waals surface area contributed by atoms with Gasteiger partial charge in [-0.15, -0.1) is 0 Å². The van der Waals surface area contributed by atoms with Gasteiger partial charge < -0.3 is 10.1 Å². The van der Waals surface area contributed by atoms with E-state index in [1.54, 1.807) is 6.20 Å². The predicted octanol–water partition coefficient (Wildman–Crippen LogP) is 1.74. The zero-order chi connectivity index (χ0) is 13.6. The molecule has 1 aliphatic heterocycles. The van der Waals surface area contributed by atoms with Gasteiger partial charge in [0.05, 0.1) is 17.7 Å². The van der Waals surface area contributed by atoms with Crippen LogP contribution in [0.2, 0.25) is 0 Å². The Labute approximate surface area is 120 Å². The van der Waals surface area contributed by atoms with E-state index in [9.17, 15) is 4.79 Å². The van der Waals surface area contributed by atoms with Crippen LogP contribution < -0.4 is 5.32 Å². The number of carbonyl (C=O) groups is 1. The third kappa shape index (κ3) is 2.39. The van der Waals surface area contributed by atoms with Crippen LogP contribution in [0.15, 0.2) is 10.7 Å². The summed E-state index contributed by atoms with van der Waals surface area (Å²) in [6.07, 6.45) is 1.65. The summed E-state index contributed by atoms with van der Waals surface area (Å²) in [5, 5.41) is 3.04. The fourth-order valence-electron chi connectivity index (χ4n) is 2.49. The molecule has 1 amide bonds. The van der Waals surface area contributed by atoms with E-state index in [2.05, 4.69) is 31.2 Å². The fourth-order valence-corrected chi connectivity index (χ4v) is 2.86. The molecule has 3 atom stereocenters. The number of rotatable bonds is 3. The first-order valence-corrected chi connectivity index (χ1v) is 7.28. The van der Waals surface area contributed by atoms with E-state index in [0.717, 1.165) is 13.2 Å². The lowest BCUT2D eigenvalue weighted by Crippen LogP contribution is -2.31. The van der Waals surface area contributed by atoms with Crippen LogP contribution in [0.3, 0.4) is 0 Å². The number of ether oxygens (including phenoxy) is 1. The summed E-state index contributed by atoms with van der Waals surface area (Å²) in [5.41, 5.74) is 0.421. The fraction of sp³-hybridized carbons (Fsp3) is 0.615. The lowest BCUT2D eigenvalue weighted by Gasteiger charge is -2.10. The Morgan fingerprint density at radius 1 is 1.47 bits per heavy atom. The summed E-state index contributed by atoms with van der Waals surface area (Å²) in [5.74, 6) is 1.75. The highest BCUT2D eigenvalue weighted by atomic mass is 79.9. The summed E-state index contributed by atoms with van der Waals surface area (Å²) in [4.78, 5) is 20.8. The second-order valence-electron chi connectivity index (χ2n) is 5.44. The van der Waals surface area contributed by atoms with Crippen molar-refractivity contribution in [2.24, 2.45) is 11.8 Å². The Hall–Kier alpha value is -1.01. The van der Waals surface area contributed by atoms with Crippen molar-refractivity contribution in [3.63, 3.8) is 0 Å². The number of amides is 1. The number of nitrogens with zero attached hydrogens (tertiary/aromatic N) is 2. The third-order valence-corrected chi connectivity index (χ3v) is 4.32. The summed E-state index contributed by atoms with van der Waals surface area (Å²) in [7, 11) is 0. The molecule has 2 fully saturated rings. The van der Waals surface area contributed by atoms with Crippen molar-refractivity contribution in [2.45, 2.75) is 25.8 Å². The topological polar surface area (TPSA) is 64.1 Å². The molecular weight excluding hydrogens is 310 g/mol. The molecule has 0 bridgehead atoms. The molecule has 102 valence electrons. The summed E-state index contributed by atoms with van der Waals surface area (Å²) >= 11 is 3.34. The molecule has 1 aromatic heterocycles. The van der Waals surface area contributed by atoms with E-state index in [-0.39, 0.29) is 17.9 Å². The first-order chi connectivity index (χ1) is 9.08. The number of carbonyl (C=O) groups excluding carboxylic acids is 1. The first-order valence-electron chi connectivity index (χ1n) is 6.49. The van der Waals surface area contributed by atoms with Crippen LogP contribution in [0.25, 0.3) is 0 Å². The van der Waals surface area contributed by atoms with E-state index in [4.69, 9.17) is 4.74 Å². The average Bonchev–Trinajstić information content (AvgIpc) is 2.83. The molecule has 5 nitrogen and oxygen atoms in total. The molecule has 1 aliphatic carbocycles. The SMILES string of the molecule is CC(C)c1ncc(Br)c(C(=O)NC2[C@H]3COC[C@@H]23)n1. The normalized spacial score (nSPS) is 28.3. The lowest BCUT2D eigenvalue weighted by atomic mass is 10.2. The van der Waals surface area contributed by atoms with Gasteiger partial charge in [-0.3, -0.25) is 4.79 Å². The molecule has 0 radical (unpaired) electrons. The highest BCUT2D eigenvalue weighted by Gasteiger charge is 2.54. The zero-order valence-electron chi connectivity index (χ0n) is 10.9. The van der Waals surface area contributed by atoms with Gasteiger partial charge in [0.2, 0.25) is 0 Å². The van der Waals surface area contributed by atoms with E-state index in [1.165, 1.54) is 0 Å². The standard InChI is InChI=1S/C13H16BrN3O2/c1-6(2)12-15-3-9(14)11(16-12)13(18)17-10-7-4-19-5-8(7)10/h3,6-8,10H,4-5H2,1-2H3,(H,17,18)/t7-,8+,10?. The summed E-state index contributed by atoms with van der Waals surface area (Å²) in [6, 6.07) is 0.255. The molecule has 0 spiro atoms. The van der Waals surface area contributed by atoms with Crippen molar-refractivity contribution in [2.75, 3.05) is 13.2 Å². The number of aromatic nitrogens is 2. The predicted molar refractivity (Wildman–Crippen MR) is 72.9 cm³/mol. The van der Waals surface area contributed by atoms with Gasteiger partial charge in [-0.2, -0.15) is 0 Å². The summed E-state index contributed by atoms with van der Waals surface area (Å²) < 4.78 is 5.95. The molecule has 1 N–H and O–H groups in total. The van der Waals surface area contributed by atoms with Gasteiger partial charge in [0.1, 0.15) is 11.5 Å². The molecule has 2 heterocycles. The molecule has 1 unspecified atom stereocenters. The van der Waals surface area contributed by atoms with Crippen molar-refractivity contribution in [3.05, 3.63) is 22.2 Å². The molecule has 2 aliphatic rings. The second-order valence-corrected chi connectivity index (χ2v) is 6.30. The number of hydrogen-bond acceptors (Lipinski definition) is 4. The molecule has 1 saturated carbocycles. The quantitative estimate of drug-likeness (QED) is 0.919. The van der Waals surface area contributed by atoms with Crippen molar-refractivity contribution >= 4 is 21.8 Å². The Morgan fingerprint density at radius 3 is 2.79 bits per heavy atom. The van der Waals surface area contributed by atoms with Crippen molar-refractivity contribution in [1.82, 2.24) is 15.3 Å². The van der Waals surface area contributed by atoms with Gasteiger partial charge in [-0.25, -0.2) is 9.97 Å². The highest BCUT2D eigenvalue weighted by molar-refractivity contribution is 9.10. The van der Waals surface area contributed by atoms with Crippen LogP contribution in [-0.2, 0) is 4.74 Å². The van der Waals surface area contributed by atoms with E-state index in [0.29, 0.717) is 27.8 Å². The zero-order valence-corrected chi connectivity index (χ0v) is 12.5. The maximum absolute atomic E-state index is 12.2. The van der Waals surface area contributed by atoms with E-state index < -0.39 is 0 Å². The molecule has 1 aromatic rings. The van der Waals surface area contributed by atoms with Crippen LogP contribution in [0.1, 0.15) is 36.1 Å². The molecule has 19 heavy (non-hydrogen) atoms. The maximum atomic E-state index is 12.2. The number of fused-ring (bicyclic) bond motifs is 1. The minimum atomic E-state index is -0.129. The van der Waals surface area contributed by atoms with Crippen molar-refractivity contribution in [3.8, 4) is 0 Å². The summed E-state index contributed by atoms with van der Waals surface area (Å²) in [6.45, 7) is 5.54. The van der Waals surface area contributed by atoms with Gasteiger partial charge in [0.25, 0.3) is 5.91 Å². The van der Waals surface area contributed by atoms with Crippen LogP contribution in [0.5, 0.6) is 0 Å². The monoisotopic (exact) mass is 325 g/mol. The minimum Gasteiger partial charge on any atom is -0.381 e. The Bertz CT molecular complexity index is 511. The number of halogens is 1. The highest BCUT2D eigenvalue weighted by Crippen LogP contribution is 2.44. The number of nitrogens with one attached hydrogen (secondary N) is 1. The van der Waals surface area contributed by atoms with Crippen molar-refractivity contribution < 1.29 is 9.53 Å². The molecular formula is C13H16BrN3O2. The minimum absolute atomic E-state index is 0.129.